The van der Waals surface area contributed by atoms with E-state index < -0.39 is 5.91 Å². The standard InChI is InChI=1S/C13H20N6O2/c1-9-2-4-17(6-9)13(21)18-5-3-10(7-18)19-8-11(12(14)20)15-16-19/h8-10H,2-7H2,1H3,(H2,14,20). The molecule has 114 valence electrons. The van der Waals surface area contributed by atoms with Gasteiger partial charge >= 0.3 is 6.03 Å². The zero-order valence-corrected chi connectivity index (χ0v) is 12.1. The predicted molar refractivity (Wildman–Crippen MR) is 74.5 cm³/mol. The highest BCUT2D eigenvalue weighted by atomic mass is 16.2. The Labute approximate surface area is 122 Å². The SMILES string of the molecule is CC1CCN(C(=O)N2CCC(n3cc(C(N)=O)nn3)C2)C1. The number of amides is 3. The molecule has 2 N–H and O–H groups in total. The number of carbonyl (C=O) groups is 2. The third-order valence-electron chi connectivity index (χ3n) is 4.27. The van der Waals surface area contributed by atoms with E-state index in [0.29, 0.717) is 19.0 Å². The first-order chi connectivity index (χ1) is 10.0. The fourth-order valence-electron chi connectivity index (χ4n) is 3.01. The highest BCUT2D eigenvalue weighted by Crippen LogP contribution is 2.24. The van der Waals surface area contributed by atoms with Crippen molar-refractivity contribution in [1.29, 1.82) is 0 Å². The second kappa shape index (κ2) is 5.34. The average molecular weight is 292 g/mol. The van der Waals surface area contributed by atoms with Crippen LogP contribution in [0.25, 0.3) is 0 Å². The number of primary amides is 1. The van der Waals surface area contributed by atoms with E-state index in [2.05, 4.69) is 17.2 Å². The van der Waals surface area contributed by atoms with Crippen LogP contribution in [0.4, 0.5) is 4.79 Å². The Morgan fingerprint density at radius 3 is 2.57 bits per heavy atom. The van der Waals surface area contributed by atoms with E-state index in [1.807, 2.05) is 9.80 Å². The summed E-state index contributed by atoms with van der Waals surface area (Å²) in [5, 5.41) is 7.68. The van der Waals surface area contributed by atoms with Crippen molar-refractivity contribution in [1.82, 2.24) is 24.8 Å². The van der Waals surface area contributed by atoms with Crippen LogP contribution in [-0.4, -0.2) is 62.9 Å². The fraction of sp³-hybridized carbons (Fsp3) is 0.692. The van der Waals surface area contributed by atoms with Gasteiger partial charge in [-0.3, -0.25) is 4.79 Å². The molecule has 8 heteroatoms. The van der Waals surface area contributed by atoms with Crippen molar-refractivity contribution < 1.29 is 9.59 Å². The number of hydrogen-bond donors (Lipinski definition) is 1. The predicted octanol–water partition coefficient (Wildman–Crippen LogP) is 0.0856. The van der Waals surface area contributed by atoms with E-state index in [9.17, 15) is 9.59 Å². The Hall–Kier alpha value is -2.12. The molecule has 0 aromatic carbocycles. The summed E-state index contributed by atoms with van der Waals surface area (Å²) in [5.74, 6) is -0.000904. The Balaban J connectivity index is 1.62. The van der Waals surface area contributed by atoms with Gasteiger partial charge in [-0.25, -0.2) is 9.48 Å². The summed E-state index contributed by atoms with van der Waals surface area (Å²) in [6.07, 6.45) is 3.45. The zero-order chi connectivity index (χ0) is 15.0. The lowest BCUT2D eigenvalue weighted by atomic mass is 10.2. The van der Waals surface area contributed by atoms with Gasteiger partial charge in [0, 0.05) is 26.2 Å². The molecule has 1 aromatic rings. The summed E-state index contributed by atoms with van der Waals surface area (Å²) in [4.78, 5) is 27.2. The van der Waals surface area contributed by atoms with Gasteiger partial charge in [0.25, 0.3) is 5.91 Å². The summed E-state index contributed by atoms with van der Waals surface area (Å²) in [5.41, 5.74) is 5.33. The molecule has 0 saturated carbocycles. The van der Waals surface area contributed by atoms with Crippen LogP contribution in [-0.2, 0) is 0 Å². The van der Waals surface area contributed by atoms with Gasteiger partial charge in [0.2, 0.25) is 0 Å². The Kier molecular flexibility index (Phi) is 3.52. The third kappa shape index (κ3) is 2.70. The van der Waals surface area contributed by atoms with E-state index in [0.717, 1.165) is 25.9 Å². The number of carbonyl (C=O) groups excluding carboxylic acids is 2. The molecule has 2 saturated heterocycles. The van der Waals surface area contributed by atoms with Crippen molar-refractivity contribution in [3.63, 3.8) is 0 Å². The first kappa shape index (κ1) is 13.8. The third-order valence-corrected chi connectivity index (χ3v) is 4.27. The topological polar surface area (TPSA) is 97.3 Å². The molecule has 0 aliphatic carbocycles. The zero-order valence-electron chi connectivity index (χ0n) is 12.1. The van der Waals surface area contributed by atoms with Crippen molar-refractivity contribution in [2.45, 2.75) is 25.8 Å². The summed E-state index contributed by atoms with van der Waals surface area (Å²) in [6, 6.07) is 0.173. The number of rotatable bonds is 2. The number of aromatic nitrogens is 3. The average Bonchev–Trinajstić information content (AvgIpc) is 3.17. The van der Waals surface area contributed by atoms with E-state index in [1.54, 1.807) is 10.9 Å². The summed E-state index contributed by atoms with van der Waals surface area (Å²) in [6.45, 7) is 5.16. The second-order valence-electron chi connectivity index (χ2n) is 5.96. The normalized spacial score (nSPS) is 25.6. The molecule has 2 unspecified atom stereocenters. The molecule has 2 aliphatic heterocycles. The van der Waals surface area contributed by atoms with Crippen molar-refractivity contribution in [2.75, 3.05) is 26.2 Å². The maximum absolute atomic E-state index is 12.4. The van der Waals surface area contributed by atoms with Crippen LogP contribution in [0, 0.1) is 5.92 Å². The number of likely N-dealkylation sites (tertiary alicyclic amines) is 2. The van der Waals surface area contributed by atoms with E-state index in [4.69, 9.17) is 5.73 Å². The van der Waals surface area contributed by atoms with Gasteiger partial charge in [-0.2, -0.15) is 0 Å². The van der Waals surface area contributed by atoms with Gasteiger partial charge in [-0.1, -0.05) is 12.1 Å². The second-order valence-corrected chi connectivity index (χ2v) is 5.96. The van der Waals surface area contributed by atoms with Crippen molar-refractivity contribution in [2.24, 2.45) is 11.7 Å². The van der Waals surface area contributed by atoms with Crippen LogP contribution in [0.1, 0.15) is 36.3 Å². The van der Waals surface area contributed by atoms with E-state index in [1.165, 1.54) is 0 Å². The lowest BCUT2D eigenvalue weighted by Crippen LogP contribution is -2.40. The number of urea groups is 1. The Morgan fingerprint density at radius 2 is 1.95 bits per heavy atom. The maximum atomic E-state index is 12.4. The van der Waals surface area contributed by atoms with Crippen LogP contribution in [0.2, 0.25) is 0 Å². The highest BCUT2D eigenvalue weighted by Gasteiger charge is 2.33. The van der Waals surface area contributed by atoms with Crippen LogP contribution >= 0.6 is 0 Å². The number of nitrogens with two attached hydrogens (primary N) is 1. The van der Waals surface area contributed by atoms with Gasteiger partial charge in [-0.05, 0) is 18.8 Å². The lowest BCUT2D eigenvalue weighted by molar-refractivity contribution is 0.0995. The van der Waals surface area contributed by atoms with Gasteiger partial charge in [-0.15, -0.1) is 5.10 Å². The molecule has 8 nitrogen and oxygen atoms in total. The molecular weight excluding hydrogens is 272 g/mol. The smallest absolute Gasteiger partial charge is 0.320 e. The van der Waals surface area contributed by atoms with Crippen LogP contribution in [0.3, 0.4) is 0 Å². The van der Waals surface area contributed by atoms with E-state index in [-0.39, 0.29) is 17.8 Å². The number of hydrogen-bond acceptors (Lipinski definition) is 4. The van der Waals surface area contributed by atoms with Crippen molar-refractivity contribution in [3.05, 3.63) is 11.9 Å². The van der Waals surface area contributed by atoms with Crippen LogP contribution < -0.4 is 5.73 Å². The molecule has 0 radical (unpaired) electrons. The molecule has 2 atom stereocenters. The van der Waals surface area contributed by atoms with Crippen LogP contribution in [0.15, 0.2) is 6.20 Å². The monoisotopic (exact) mass is 292 g/mol. The first-order valence-corrected chi connectivity index (χ1v) is 7.30. The molecule has 3 amide bonds. The Morgan fingerprint density at radius 1 is 1.24 bits per heavy atom. The van der Waals surface area contributed by atoms with Gasteiger partial charge in [0.15, 0.2) is 5.69 Å². The highest BCUT2D eigenvalue weighted by molar-refractivity contribution is 5.90. The van der Waals surface area contributed by atoms with Gasteiger partial charge in [0.05, 0.1) is 12.2 Å². The van der Waals surface area contributed by atoms with E-state index >= 15 is 0 Å². The van der Waals surface area contributed by atoms with Crippen LogP contribution in [0.5, 0.6) is 0 Å². The maximum Gasteiger partial charge on any atom is 0.320 e. The van der Waals surface area contributed by atoms with Crippen molar-refractivity contribution >= 4 is 11.9 Å². The molecular formula is C13H20N6O2. The Bertz CT molecular complexity index is 557. The quantitative estimate of drug-likeness (QED) is 0.835. The summed E-state index contributed by atoms with van der Waals surface area (Å²) < 4.78 is 1.64. The minimum Gasteiger partial charge on any atom is -0.364 e. The van der Waals surface area contributed by atoms with Crippen molar-refractivity contribution in [3.8, 4) is 0 Å². The fourth-order valence-corrected chi connectivity index (χ4v) is 3.01. The largest absolute Gasteiger partial charge is 0.364 e. The lowest BCUT2D eigenvalue weighted by Gasteiger charge is -2.24. The minimum absolute atomic E-state index is 0.0644. The molecule has 3 rings (SSSR count). The molecule has 21 heavy (non-hydrogen) atoms. The molecule has 1 aromatic heterocycles. The minimum atomic E-state index is -0.585. The molecule has 2 aliphatic rings. The summed E-state index contributed by atoms with van der Waals surface area (Å²) >= 11 is 0. The van der Waals surface area contributed by atoms with Gasteiger partial charge in [0.1, 0.15) is 0 Å². The van der Waals surface area contributed by atoms with Gasteiger partial charge < -0.3 is 15.5 Å². The molecule has 3 heterocycles. The molecule has 0 spiro atoms. The summed E-state index contributed by atoms with van der Waals surface area (Å²) in [7, 11) is 0. The molecule has 2 fully saturated rings. The first-order valence-electron chi connectivity index (χ1n) is 7.30. The number of nitrogens with zero attached hydrogens (tertiary/aromatic N) is 5. The molecule has 0 bridgehead atoms.